The number of aromatic amines is 2. The van der Waals surface area contributed by atoms with Crippen LogP contribution in [0.2, 0.25) is 0 Å². The fourth-order valence-electron chi connectivity index (χ4n) is 10.4. The van der Waals surface area contributed by atoms with Crippen molar-refractivity contribution in [2.24, 2.45) is 35.5 Å². The summed E-state index contributed by atoms with van der Waals surface area (Å²) in [4.78, 5) is 72.7. The monoisotopic (exact) mass is 832 g/mol. The molecule has 4 N–H and O–H groups in total. The average Bonchev–Trinajstić information content (AvgIpc) is 3.71. The number of carbonyl (C=O) groups is 4. The molecule has 0 bridgehead atoms. The number of nitrogens with zero attached hydrogens (tertiary/aromatic N) is 4. The predicted octanol–water partition coefficient (Wildman–Crippen LogP) is 7.49. The van der Waals surface area contributed by atoms with Crippen LogP contribution in [0.4, 0.5) is 14.0 Å². The Labute approximate surface area is 353 Å². The fraction of sp³-hybridized carbons (Fsp3) is 0.478. The molecule has 4 heterocycles. The lowest BCUT2D eigenvalue weighted by atomic mass is 9.99. The lowest BCUT2D eigenvalue weighted by molar-refractivity contribution is -0.137. The van der Waals surface area contributed by atoms with E-state index in [0.717, 1.165) is 40.2 Å². The van der Waals surface area contributed by atoms with Gasteiger partial charge in [0.15, 0.2) is 0 Å². The topological polar surface area (TPSA) is 175 Å². The maximum absolute atomic E-state index is 16.0. The number of imidazole rings is 2. The number of methoxy groups -OCH3 is 2. The van der Waals surface area contributed by atoms with Gasteiger partial charge in [-0.25, -0.2) is 23.9 Å². The largest absolute Gasteiger partial charge is 0.453 e. The molecule has 10 atom stereocenters. The maximum atomic E-state index is 16.0. The number of rotatable bonds is 10. The highest BCUT2D eigenvalue weighted by atomic mass is 19.1. The first-order valence-corrected chi connectivity index (χ1v) is 21.3. The van der Waals surface area contributed by atoms with Crippen LogP contribution in [0.1, 0.15) is 78.1 Å². The van der Waals surface area contributed by atoms with Crippen LogP contribution in [0.25, 0.3) is 44.2 Å². The van der Waals surface area contributed by atoms with Gasteiger partial charge >= 0.3 is 12.2 Å². The van der Waals surface area contributed by atoms with Gasteiger partial charge in [-0.2, -0.15) is 0 Å². The third-order valence-electron chi connectivity index (χ3n) is 13.9. The Kier molecular flexibility index (Phi) is 10.1. The van der Waals surface area contributed by atoms with Crippen molar-refractivity contribution in [3.63, 3.8) is 0 Å². The van der Waals surface area contributed by atoms with Crippen molar-refractivity contribution < 1.29 is 33.0 Å². The summed E-state index contributed by atoms with van der Waals surface area (Å²) in [6.45, 7) is 11.9. The molecule has 2 saturated heterocycles. The number of benzene rings is 3. The SMILES string of the molecule is COC(=O)NC(C(=O)N1C2C(C[C@H]1c1ncc(-c3ccc(-c4ccc5c(ccc6[nH]c([C@@H]7CC8C([C@@H]8C)N7C(=O)[C@@H](NC(=O)OC)C(C)C)nc65)c4)cc3F)[nH]1)[C@H]2C)C(C)C. The Balaban J connectivity index is 0.948. The summed E-state index contributed by atoms with van der Waals surface area (Å²) in [6, 6.07) is 13.2. The molecule has 9 rings (SSSR count). The van der Waals surface area contributed by atoms with Crippen LogP contribution in [0.15, 0.2) is 54.7 Å². The molecular weight excluding hydrogens is 780 g/mol. The summed E-state index contributed by atoms with van der Waals surface area (Å²) < 4.78 is 25.7. The van der Waals surface area contributed by atoms with Crippen LogP contribution in [0.3, 0.4) is 0 Å². The minimum absolute atomic E-state index is 0.0551. The van der Waals surface area contributed by atoms with E-state index in [2.05, 4.69) is 39.4 Å². The van der Waals surface area contributed by atoms with Crippen LogP contribution in [0.5, 0.6) is 0 Å². The number of halogens is 1. The molecule has 61 heavy (non-hydrogen) atoms. The van der Waals surface area contributed by atoms with E-state index in [0.29, 0.717) is 52.1 Å². The molecule has 2 aromatic heterocycles. The molecule has 2 aliphatic carbocycles. The highest BCUT2D eigenvalue weighted by molar-refractivity contribution is 6.05. The molecule has 0 spiro atoms. The van der Waals surface area contributed by atoms with E-state index in [9.17, 15) is 19.2 Å². The molecule has 14 nitrogen and oxygen atoms in total. The van der Waals surface area contributed by atoms with Crippen LogP contribution in [-0.2, 0) is 19.1 Å². The van der Waals surface area contributed by atoms with E-state index in [1.165, 1.54) is 20.3 Å². The number of fused-ring (bicyclic) bond motifs is 5. The van der Waals surface area contributed by atoms with Gasteiger partial charge in [0.2, 0.25) is 11.8 Å². The zero-order chi connectivity index (χ0) is 43.2. The first kappa shape index (κ1) is 40.4. The van der Waals surface area contributed by atoms with E-state index >= 15 is 4.39 Å². The predicted molar refractivity (Wildman–Crippen MR) is 226 cm³/mol. The van der Waals surface area contributed by atoms with E-state index in [4.69, 9.17) is 14.5 Å². The molecule has 0 radical (unpaired) electrons. The maximum Gasteiger partial charge on any atom is 0.407 e. The van der Waals surface area contributed by atoms with Gasteiger partial charge in [0.1, 0.15) is 29.5 Å². The Morgan fingerprint density at radius 3 is 1.87 bits per heavy atom. The summed E-state index contributed by atoms with van der Waals surface area (Å²) in [5, 5.41) is 7.33. The molecule has 3 aromatic carbocycles. The molecule has 2 saturated carbocycles. The average molecular weight is 833 g/mol. The van der Waals surface area contributed by atoms with Gasteiger partial charge in [-0.3, -0.25) is 9.59 Å². The lowest BCUT2D eigenvalue weighted by Crippen LogP contribution is -2.52. The molecule has 4 amide bonds. The van der Waals surface area contributed by atoms with Crippen LogP contribution < -0.4 is 10.6 Å². The second-order valence-corrected chi connectivity index (χ2v) is 18.1. The summed E-state index contributed by atoms with van der Waals surface area (Å²) in [7, 11) is 2.57. The third kappa shape index (κ3) is 6.85. The molecule has 2 aliphatic heterocycles. The molecule has 5 aromatic rings. The number of alkyl carbamates (subject to hydrolysis) is 2. The van der Waals surface area contributed by atoms with Gasteiger partial charge in [-0.1, -0.05) is 65.8 Å². The summed E-state index contributed by atoms with van der Waals surface area (Å²) >= 11 is 0. The number of nitrogens with one attached hydrogen (secondary N) is 4. The van der Waals surface area contributed by atoms with Crippen molar-refractivity contribution in [3.8, 4) is 22.4 Å². The highest BCUT2D eigenvalue weighted by Gasteiger charge is 2.62. The van der Waals surface area contributed by atoms with E-state index in [1.807, 2.05) is 73.9 Å². The number of aromatic nitrogens is 4. The van der Waals surface area contributed by atoms with Crippen LogP contribution in [0, 0.1) is 41.3 Å². The normalized spacial score (nSPS) is 26.0. The van der Waals surface area contributed by atoms with Gasteiger partial charge in [-0.05, 0) is 89.1 Å². The fourth-order valence-corrected chi connectivity index (χ4v) is 10.4. The van der Waals surface area contributed by atoms with E-state index in [1.54, 1.807) is 12.3 Å². The second-order valence-electron chi connectivity index (χ2n) is 18.1. The Hall–Kier alpha value is -5.99. The van der Waals surface area contributed by atoms with Gasteiger partial charge in [0.25, 0.3) is 0 Å². The number of amides is 4. The number of ether oxygens (including phenoxy) is 2. The van der Waals surface area contributed by atoms with E-state index < -0.39 is 30.1 Å². The molecule has 320 valence electrons. The number of carbonyl (C=O) groups excluding carboxylic acids is 4. The molecular formula is C46H53FN8O6. The smallest absolute Gasteiger partial charge is 0.407 e. The first-order valence-electron chi connectivity index (χ1n) is 21.3. The summed E-state index contributed by atoms with van der Waals surface area (Å²) in [6.07, 6.45) is 1.84. The lowest BCUT2D eigenvalue weighted by Gasteiger charge is -2.32. The first-order chi connectivity index (χ1) is 29.2. The van der Waals surface area contributed by atoms with Gasteiger partial charge < -0.3 is 39.9 Å². The number of likely N-dealkylation sites (tertiary alicyclic amines) is 2. The molecule has 5 unspecified atom stereocenters. The number of piperidine rings is 2. The van der Waals surface area contributed by atoms with Crippen molar-refractivity contribution in [3.05, 3.63) is 72.2 Å². The quantitative estimate of drug-likeness (QED) is 0.112. The van der Waals surface area contributed by atoms with E-state index in [-0.39, 0.29) is 47.8 Å². The van der Waals surface area contributed by atoms with Crippen molar-refractivity contribution in [2.45, 2.75) is 90.6 Å². The standard InChI is InChI=1S/C46H53FN8O6/c1-20(2)36(52-45(58)60-7)43(56)54-34(17-29-22(5)39(29)54)41-48-19-33(50-41)28-13-10-25(16-31(28)47)24-9-12-27-26(15-24)11-14-32-38(27)51-42(49-32)35-18-30-23(6)40(30)55(35)44(57)37(21(3)4)53-46(59)61-8/h9-16,19-23,29-30,34-37,39-40H,17-18H2,1-8H3,(H,48,50)(H,49,51)(H,52,58)(H,53,59)/t22-,23-,29?,30?,34+,35+,36?,37+,39?,40?/m1/s1. The zero-order valence-electron chi connectivity index (χ0n) is 35.7. The number of H-pyrrole nitrogens is 2. The van der Waals surface area contributed by atoms with Crippen LogP contribution >= 0.6 is 0 Å². The Bertz CT molecular complexity index is 2570. The summed E-state index contributed by atoms with van der Waals surface area (Å²) in [5.41, 5.74) is 4.07. The van der Waals surface area contributed by atoms with Crippen molar-refractivity contribution in [1.29, 1.82) is 0 Å². The minimum atomic E-state index is -0.754. The second kappa shape index (κ2) is 15.2. The Morgan fingerprint density at radius 1 is 0.754 bits per heavy atom. The zero-order valence-corrected chi connectivity index (χ0v) is 35.7. The third-order valence-corrected chi connectivity index (χ3v) is 13.9. The van der Waals surface area contributed by atoms with Crippen molar-refractivity contribution >= 4 is 45.8 Å². The number of hydrogen-bond acceptors (Lipinski definition) is 8. The molecule has 4 aliphatic rings. The van der Waals surface area contributed by atoms with Crippen molar-refractivity contribution in [2.75, 3.05) is 14.2 Å². The highest BCUT2D eigenvalue weighted by Crippen LogP contribution is 2.59. The van der Waals surface area contributed by atoms with Gasteiger partial charge in [-0.15, -0.1) is 0 Å². The minimum Gasteiger partial charge on any atom is -0.453 e. The number of hydrogen-bond donors (Lipinski definition) is 4. The van der Waals surface area contributed by atoms with Gasteiger partial charge in [0, 0.05) is 23.0 Å². The summed E-state index contributed by atoms with van der Waals surface area (Å²) in [5.74, 6) is 1.71. The van der Waals surface area contributed by atoms with Crippen LogP contribution in [-0.4, -0.2) is 92.1 Å². The van der Waals surface area contributed by atoms with Crippen molar-refractivity contribution in [1.82, 2.24) is 40.4 Å². The van der Waals surface area contributed by atoms with Gasteiger partial charge in [0.05, 0.1) is 49.2 Å². The molecule has 4 fully saturated rings. The molecule has 15 heteroatoms. The Morgan fingerprint density at radius 2 is 1.31 bits per heavy atom.